The van der Waals surface area contributed by atoms with Crippen LogP contribution >= 0.6 is 0 Å². The van der Waals surface area contributed by atoms with Gasteiger partial charge in [-0.2, -0.15) is 5.26 Å². The zero-order valence-electron chi connectivity index (χ0n) is 9.53. The molecule has 1 amide bonds. The number of amides is 1. The summed E-state index contributed by atoms with van der Waals surface area (Å²) in [6, 6.07) is 8.22. The molecule has 1 atom stereocenters. The summed E-state index contributed by atoms with van der Waals surface area (Å²) in [4.78, 5) is 13.5. The summed E-state index contributed by atoms with van der Waals surface area (Å²) in [5.41, 5.74) is 3.20. The van der Waals surface area contributed by atoms with Crippen LogP contribution in [0.1, 0.15) is 17.5 Å². The van der Waals surface area contributed by atoms with Gasteiger partial charge in [0.15, 0.2) is 0 Å². The second-order valence-electron chi connectivity index (χ2n) is 4.38. The lowest BCUT2D eigenvalue weighted by Crippen LogP contribution is -2.24. The summed E-state index contributed by atoms with van der Waals surface area (Å²) in [5.74, 6) is -0.107. The highest BCUT2D eigenvalue weighted by Gasteiger charge is 2.30. The summed E-state index contributed by atoms with van der Waals surface area (Å²) < 4.78 is 0. The number of aryl methyl sites for hydroxylation is 2. The highest BCUT2D eigenvalue weighted by Crippen LogP contribution is 2.26. The Morgan fingerprint density at radius 2 is 1.94 bits per heavy atom. The topological polar surface area (TPSA) is 44.1 Å². The highest BCUT2D eigenvalue weighted by atomic mass is 16.2. The van der Waals surface area contributed by atoms with Gasteiger partial charge < -0.3 is 4.90 Å². The van der Waals surface area contributed by atoms with Gasteiger partial charge in [0.05, 0.1) is 12.0 Å². The van der Waals surface area contributed by atoms with Crippen LogP contribution in [0.2, 0.25) is 0 Å². The zero-order valence-corrected chi connectivity index (χ0v) is 9.53. The first-order valence-corrected chi connectivity index (χ1v) is 5.38. The average molecular weight is 214 g/mol. The van der Waals surface area contributed by atoms with E-state index < -0.39 is 0 Å². The summed E-state index contributed by atoms with van der Waals surface area (Å²) in [6.45, 7) is 4.55. The second-order valence-corrected chi connectivity index (χ2v) is 4.38. The Hall–Kier alpha value is -1.82. The minimum absolute atomic E-state index is 0.0524. The molecular formula is C13H14N2O. The van der Waals surface area contributed by atoms with Crippen molar-refractivity contribution in [1.29, 1.82) is 5.26 Å². The van der Waals surface area contributed by atoms with Crippen molar-refractivity contribution in [3.8, 4) is 6.07 Å². The Labute approximate surface area is 95.3 Å². The molecule has 0 radical (unpaired) electrons. The monoisotopic (exact) mass is 214 g/mol. The third kappa shape index (κ3) is 1.92. The van der Waals surface area contributed by atoms with Gasteiger partial charge in [0.2, 0.25) is 5.91 Å². The molecule has 1 aromatic rings. The molecular weight excluding hydrogens is 200 g/mol. The van der Waals surface area contributed by atoms with Crippen molar-refractivity contribution in [2.24, 2.45) is 5.92 Å². The molecule has 1 heterocycles. The van der Waals surface area contributed by atoms with Crippen LogP contribution in [0.5, 0.6) is 0 Å². The van der Waals surface area contributed by atoms with Crippen molar-refractivity contribution in [1.82, 2.24) is 0 Å². The van der Waals surface area contributed by atoms with Gasteiger partial charge in [0.1, 0.15) is 0 Å². The number of nitrogens with zero attached hydrogens (tertiary/aromatic N) is 2. The maximum Gasteiger partial charge on any atom is 0.228 e. The standard InChI is InChI=1S/C13H14N2O/c1-9-3-10(2)5-12(4-9)15-8-11(7-14)6-13(15)16/h3-5,11H,6,8H2,1-2H3. The van der Waals surface area contributed by atoms with E-state index in [-0.39, 0.29) is 11.8 Å². The van der Waals surface area contributed by atoms with Crippen molar-refractivity contribution in [2.45, 2.75) is 20.3 Å². The van der Waals surface area contributed by atoms with Crippen molar-refractivity contribution >= 4 is 11.6 Å². The van der Waals surface area contributed by atoms with Crippen LogP contribution in [0.3, 0.4) is 0 Å². The first kappa shape index (κ1) is 10.7. The molecule has 0 bridgehead atoms. The number of nitriles is 1. The molecule has 0 aliphatic carbocycles. The Kier molecular flexibility index (Phi) is 2.66. The van der Waals surface area contributed by atoms with Gasteiger partial charge in [-0.1, -0.05) is 6.07 Å². The van der Waals surface area contributed by atoms with E-state index in [2.05, 4.69) is 12.1 Å². The van der Waals surface area contributed by atoms with Crippen molar-refractivity contribution in [3.63, 3.8) is 0 Å². The largest absolute Gasteiger partial charge is 0.311 e. The second kappa shape index (κ2) is 3.97. The van der Waals surface area contributed by atoms with Gasteiger partial charge >= 0.3 is 0 Å². The number of hydrogen-bond acceptors (Lipinski definition) is 2. The molecule has 1 aliphatic rings. The third-order valence-electron chi connectivity index (χ3n) is 2.83. The lowest BCUT2D eigenvalue weighted by atomic mass is 10.1. The van der Waals surface area contributed by atoms with Gasteiger partial charge in [0.25, 0.3) is 0 Å². The Balaban J connectivity index is 2.32. The normalized spacial score (nSPS) is 19.9. The number of benzene rings is 1. The minimum Gasteiger partial charge on any atom is -0.311 e. The fourth-order valence-electron chi connectivity index (χ4n) is 2.15. The van der Waals surface area contributed by atoms with Crippen LogP contribution in [-0.4, -0.2) is 12.5 Å². The average Bonchev–Trinajstić information content (AvgIpc) is 2.58. The van der Waals surface area contributed by atoms with Crippen LogP contribution < -0.4 is 4.90 Å². The van der Waals surface area contributed by atoms with Gasteiger partial charge in [-0.15, -0.1) is 0 Å². The van der Waals surface area contributed by atoms with E-state index in [1.165, 1.54) is 0 Å². The number of hydrogen-bond donors (Lipinski definition) is 0. The number of carbonyl (C=O) groups is 1. The SMILES string of the molecule is Cc1cc(C)cc(N2CC(C#N)CC2=O)c1. The summed E-state index contributed by atoms with van der Waals surface area (Å²) >= 11 is 0. The lowest BCUT2D eigenvalue weighted by molar-refractivity contribution is -0.117. The molecule has 16 heavy (non-hydrogen) atoms. The fraction of sp³-hybridized carbons (Fsp3) is 0.385. The Morgan fingerprint density at radius 3 is 2.44 bits per heavy atom. The molecule has 1 fully saturated rings. The highest BCUT2D eigenvalue weighted by molar-refractivity contribution is 5.96. The summed E-state index contributed by atoms with van der Waals surface area (Å²) in [5, 5.41) is 8.83. The van der Waals surface area contributed by atoms with Gasteiger partial charge in [-0.3, -0.25) is 4.79 Å². The van der Waals surface area contributed by atoms with Crippen LogP contribution in [0.25, 0.3) is 0 Å². The molecule has 1 saturated heterocycles. The maximum absolute atomic E-state index is 11.7. The lowest BCUT2D eigenvalue weighted by Gasteiger charge is -2.17. The zero-order chi connectivity index (χ0) is 11.7. The molecule has 2 rings (SSSR count). The smallest absolute Gasteiger partial charge is 0.228 e. The Bertz CT molecular complexity index is 453. The quantitative estimate of drug-likeness (QED) is 0.719. The molecule has 0 aromatic heterocycles. The van der Waals surface area contributed by atoms with E-state index >= 15 is 0 Å². The van der Waals surface area contributed by atoms with Crippen molar-refractivity contribution in [3.05, 3.63) is 29.3 Å². The molecule has 1 aliphatic heterocycles. The molecule has 3 heteroatoms. The third-order valence-corrected chi connectivity index (χ3v) is 2.83. The Morgan fingerprint density at radius 1 is 1.31 bits per heavy atom. The first-order chi connectivity index (χ1) is 7.60. The number of rotatable bonds is 1. The van der Waals surface area contributed by atoms with Gasteiger partial charge in [-0.25, -0.2) is 0 Å². The predicted molar refractivity (Wildman–Crippen MR) is 62.0 cm³/mol. The van der Waals surface area contributed by atoms with E-state index in [9.17, 15) is 4.79 Å². The van der Waals surface area contributed by atoms with Crippen LogP contribution in [-0.2, 0) is 4.79 Å². The van der Waals surface area contributed by atoms with Gasteiger partial charge in [0, 0.05) is 18.7 Å². The predicted octanol–water partition coefficient (Wildman–Crippen LogP) is 2.18. The molecule has 1 unspecified atom stereocenters. The van der Waals surface area contributed by atoms with E-state index in [1.807, 2.05) is 26.0 Å². The van der Waals surface area contributed by atoms with Crippen LogP contribution in [0, 0.1) is 31.1 Å². The molecule has 0 spiro atoms. The minimum atomic E-state index is -0.159. The summed E-state index contributed by atoms with van der Waals surface area (Å²) in [6.07, 6.45) is 0.351. The molecule has 0 saturated carbocycles. The van der Waals surface area contributed by atoms with E-state index in [0.29, 0.717) is 13.0 Å². The van der Waals surface area contributed by atoms with E-state index in [0.717, 1.165) is 16.8 Å². The first-order valence-electron chi connectivity index (χ1n) is 5.38. The number of carbonyl (C=O) groups excluding carboxylic acids is 1. The molecule has 1 aromatic carbocycles. The molecule has 3 nitrogen and oxygen atoms in total. The fourth-order valence-corrected chi connectivity index (χ4v) is 2.15. The van der Waals surface area contributed by atoms with E-state index in [1.54, 1.807) is 4.90 Å². The van der Waals surface area contributed by atoms with Crippen LogP contribution in [0.4, 0.5) is 5.69 Å². The van der Waals surface area contributed by atoms with Crippen molar-refractivity contribution in [2.75, 3.05) is 11.4 Å². The van der Waals surface area contributed by atoms with Crippen molar-refractivity contribution < 1.29 is 4.79 Å². The van der Waals surface area contributed by atoms with Gasteiger partial charge in [-0.05, 0) is 37.1 Å². The molecule has 82 valence electrons. The van der Waals surface area contributed by atoms with Crippen LogP contribution in [0.15, 0.2) is 18.2 Å². The summed E-state index contributed by atoms with van der Waals surface area (Å²) in [7, 11) is 0. The van der Waals surface area contributed by atoms with E-state index in [4.69, 9.17) is 5.26 Å². The number of anilines is 1. The maximum atomic E-state index is 11.7. The molecule has 0 N–H and O–H groups in total.